The van der Waals surface area contributed by atoms with Crippen molar-refractivity contribution in [1.82, 2.24) is 19.7 Å². The van der Waals surface area contributed by atoms with Crippen molar-refractivity contribution in [2.45, 2.75) is 20.8 Å². The molecule has 3 aromatic rings. The van der Waals surface area contributed by atoms with Crippen LogP contribution in [0.5, 0.6) is 0 Å². The summed E-state index contributed by atoms with van der Waals surface area (Å²) in [6.07, 6.45) is 1.50. The van der Waals surface area contributed by atoms with Crippen molar-refractivity contribution in [2.24, 2.45) is 0 Å². The van der Waals surface area contributed by atoms with E-state index >= 15 is 0 Å². The normalized spacial score (nSPS) is 10.5. The maximum Gasteiger partial charge on any atom is 0.221 e. The molecular formula is C17H18N6O. The summed E-state index contributed by atoms with van der Waals surface area (Å²) in [4.78, 5) is 19.5. The molecule has 7 heteroatoms. The fourth-order valence-corrected chi connectivity index (χ4v) is 2.38. The molecule has 0 radical (unpaired) electrons. The van der Waals surface area contributed by atoms with Gasteiger partial charge in [0.15, 0.2) is 5.82 Å². The smallest absolute Gasteiger partial charge is 0.221 e. The number of anilines is 3. The second-order valence-electron chi connectivity index (χ2n) is 5.48. The van der Waals surface area contributed by atoms with E-state index in [-0.39, 0.29) is 5.91 Å². The van der Waals surface area contributed by atoms with E-state index in [1.165, 1.54) is 13.3 Å². The number of hydrogen-bond donors (Lipinski definition) is 2. The first kappa shape index (κ1) is 15.7. The molecular weight excluding hydrogens is 304 g/mol. The molecule has 0 aliphatic carbocycles. The van der Waals surface area contributed by atoms with Gasteiger partial charge in [-0.1, -0.05) is 0 Å². The largest absolute Gasteiger partial charge is 0.340 e. The van der Waals surface area contributed by atoms with E-state index in [1.807, 2.05) is 50.2 Å². The summed E-state index contributed by atoms with van der Waals surface area (Å²) in [5.41, 5.74) is 3.56. The van der Waals surface area contributed by atoms with Crippen molar-refractivity contribution in [1.29, 1.82) is 0 Å². The second kappa shape index (κ2) is 6.49. The summed E-state index contributed by atoms with van der Waals surface area (Å²) in [6, 6.07) is 11.2. The molecule has 1 aromatic carbocycles. The van der Waals surface area contributed by atoms with Gasteiger partial charge >= 0.3 is 0 Å². The zero-order valence-corrected chi connectivity index (χ0v) is 13.7. The quantitative estimate of drug-likeness (QED) is 0.771. The van der Waals surface area contributed by atoms with Gasteiger partial charge in [0.25, 0.3) is 0 Å². The van der Waals surface area contributed by atoms with E-state index in [4.69, 9.17) is 0 Å². The third kappa shape index (κ3) is 3.57. The average molecular weight is 322 g/mol. The number of nitrogens with zero attached hydrogens (tertiary/aromatic N) is 4. The Kier molecular flexibility index (Phi) is 4.24. The summed E-state index contributed by atoms with van der Waals surface area (Å²) in [5.74, 6) is 1.27. The monoisotopic (exact) mass is 322 g/mol. The van der Waals surface area contributed by atoms with E-state index in [0.29, 0.717) is 11.6 Å². The molecule has 0 atom stereocenters. The van der Waals surface area contributed by atoms with E-state index in [9.17, 15) is 4.79 Å². The average Bonchev–Trinajstić information content (AvgIpc) is 2.88. The zero-order valence-electron chi connectivity index (χ0n) is 13.7. The minimum atomic E-state index is -0.0963. The van der Waals surface area contributed by atoms with Crippen molar-refractivity contribution in [3.63, 3.8) is 0 Å². The van der Waals surface area contributed by atoms with Crippen molar-refractivity contribution in [3.8, 4) is 5.82 Å². The molecule has 24 heavy (non-hydrogen) atoms. The first-order valence-corrected chi connectivity index (χ1v) is 7.51. The highest BCUT2D eigenvalue weighted by Gasteiger charge is 2.07. The van der Waals surface area contributed by atoms with Crippen LogP contribution >= 0.6 is 0 Å². The standard InChI is InChI=1S/C17H18N6O/c1-11-8-12(2)23(22-11)17-9-16(18-10-19-17)21-15-6-4-14(5-7-15)20-13(3)24/h4-10H,1-3H3,(H,20,24)(H,18,19,21). The Morgan fingerprint density at radius 3 is 2.38 bits per heavy atom. The van der Waals surface area contributed by atoms with Gasteiger partial charge in [-0.05, 0) is 44.2 Å². The van der Waals surface area contributed by atoms with E-state index in [1.54, 1.807) is 4.68 Å². The molecule has 0 fully saturated rings. The number of amides is 1. The van der Waals surface area contributed by atoms with Crippen LogP contribution in [0, 0.1) is 13.8 Å². The van der Waals surface area contributed by atoms with Crippen LogP contribution in [0.15, 0.2) is 42.7 Å². The summed E-state index contributed by atoms with van der Waals surface area (Å²) in [5, 5.41) is 10.4. The maximum absolute atomic E-state index is 11.0. The predicted molar refractivity (Wildman–Crippen MR) is 92.7 cm³/mol. The minimum absolute atomic E-state index is 0.0963. The van der Waals surface area contributed by atoms with Crippen molar-refractivity contribution >= 4 is 23.1 Å². The highest BCUT2D eigenvalue weighted by Crippen LogP contribution is 2.19. The van der Waals surface area contributed by atoms with Gasteiger partial charge in [-0.15, -0.1) is 0 Å². The fourth-order valence-electron chi connectivity index (χ4n) is 2.38. The zero-order chi connectivity index (χ0) is 17.1. The van der Waals surface area contributed by atoms with E-state index in [0.717, 1.165) is 22.8 Å². The van der Waals surface area contributed by atoms with Gasteiger partial charge in [0.1, 0.15) is 12.1 Å². The molecule has 0 aliphatic heterocycles. The van der Waals surface area contributed by atoms with Crippen LogP contribution < -0.4 is 10.6 Å². The number of rotatable bonds is 4. The molecule has 2 heterocycles. The molecule has 122 valence electrons. The number of aryl methyl sites for hydroxylation is 2. The van der Waals surface area contributed by atoms with Crippen molar-refractivity contribution in [3.05, 3.63) is 54.1 Å². The van der Waals surface area contributed by atoms with Gasteiger partial charge in [0, 0.05) is 30.1 Å². The third-order valence-corrected chi connectivity index (χ3v) is 3.36. The highest BCUT2D eigenvalue weighted by atomic mass is 16.1. The van der Waals surface area contributed by atoms with Crippen LogP contribution in [0.4, 0.5) is 17.2 Å². The Bertz CT molecular complexity index is 869. The molecule has 1 amide bonds. The molecule has 0 spiro atoms. The molecule has 7 nitrogen and oxygen atoms in total. The Hall–Kier alpha value is -3.22. The van der Waals surface area contributed by atoms with E-state index in [2.05, 4.69) is 25.7 Å². The van der Waals surface area contributed by atoms with Crippen LogP contribution in [-0.4, -0.2) is 25.7 Å². The Morgan fingerprint density at radius 2 is 1.75 bits per heavy atom. The van der Waals surface area contributed by atoms with Crippen LogP contribution in [-0.2, 0) is 4.79 Å². The topological polar surface area (TPSA) is 84.7 Å². The molecule has 2 N–H and O–H groups in total. The Labute approximate surface area is 139 Å². The van der Waals surface area contributed by atoms with Crippen molar-refractivity contribution < 1.29 is 4.79 Å². The number of benzene rings is 1. The first-order chi connectivity index (χ1) is 11.5. The molecule has 0 aliphatic rings. The van der Waals surface area contributed by atoms with Crippen LogP contribution in [0.2, 0.25) is 0 Å². The summed E-state index contributed by atoms with van der Waals surface area (Å²) < 4.78 is 1.78. The molecule has 0 saturated heterocycles. The lowest BCUT2D eigenvalue weighted by Crippen LogP contribution is -2.06. The van der Waals surface area contributed by atoms with E-state index < -0.39 is 0 Å². The first-order valence-electron chi connectivity index (χ1n) is 7.51. The molecule has 0 bridgehead atoms. The number of nitrogens with one attached hydrogen (secondary N) is 2. The lowest BCUT2D eigenvalue weighted by Gasteiger charge is -2.09. The van der Waals surface area contributed by atoms with Crippen LogP contribution in [0.1, 0.15) is 18.3 Å². The lowest BCUT2D eigenvalue weighted by atomic mass is 10.2. The van der Waals surface area contributed by atoms with Gasteiger partial charge in [-0.2, -0.15) is 5.10 Å². The fraction of sp³-hybridized carbons (Fsp3) is 0.176. The van der Waals surface area contributed by atoms with Gasteiger partial charge < -0.3 is 10.6 Å². The Balaban J connectivity index is 1.79. The summed E-state index contributed by atoms with van der Waals surface area (Å²) in [7, 11) is 0. The molecule has 0 saturated carbocycles. The number of hydrogen-bond acceptors (Lipinski definition) is 5. The summed E-state index contributed by atoms with van der Waals surface area (Å²) >= 11 is 0. The molecule has 0 unspecified atom stereocenters. The van der Waals surface area contributed by atoms with Crippen molar-refractivity contribution in [2.75, 3.05) is 10.6 Å². The lowest BCUT2D eigenvalue weighted by molar-refractivity contribution is -0.114. The second-order valence-corrected chi connectivity index (χ2v) is 5.48. The van der Waals surface area contributed by atoms with Gasteiger partial charge in [-0.3, -0.25) is 4.79 Å². The predicted octanol–water partition coefficient (Wildman–Crippen LogP) is 2.98. The maximum atomic E-state index is 11.0. The molecule has 3 rings (SSSR count). The Morgan fingerprint density at radius 1 is 1.04 bits per heavy atom. The molecule has 2 aromatic heterocycles. The van der Waals surface area contributed by atoms with Crippen LogP contribution in [0.3, 0.4) is 0 Å². The van der Waals surface area contributed by atoms with Crippen LogP contribution in [0.25, 0.3) is 5.82 Å². The number of aromatic nitrogens is 4. The minimum Gasteiger partial charge on any atom is -0.340 e. The van der Waals surface area contributed by atoms with Gasteiger partial charge in [-0.25, -0.2) is 14.6 Å². The number of carbonyl (C=O) groups is 1. The van der Waals surface area contributed by atoms with Gasteiger partial charge in [0.05, 0.1) is 5.69 Å². The highest BCUT2D eigenvalue weighted by molar-refractivity contribution is 5.88. The third-order valence-electron chi connectivity index (χ3n) is 3.36. The number of carbonyl (C=O) groups excluding carboxylic acids is 1. The van der Waals surface area contributed by atoms with Gasteiger partial charge in [0.2, 0.25) is 5.91 Å². The summed E-state index contributed by atoms with van der Waals surface area (Å²) in [6.45, 7) is 5.41. The SMILES string of the molecule is CC(=O)Nc1ccc(Nc2cc(-n3nc(C)cc3C)ncn2)cc1.